The summed E-state index contributed by atoms with van der Waals surface area (Å²) >= 11 is 0. The Kier molecular flexibility index (Phi) is 6.00. The molecule has 0 saturated carbocycles. The molecule has 70 valence electrons. The smallest absolute Gasteiger partial charge is 0.319 e. The molecule has 0 radical (unpaired) electrons. The third kappa shape index (κ3) is 5.67. The van der Waals surface area contributed by atoms with Crippen molar-refractivity contribution in [2.24, 2.45) is 0 Å². The van der Waals surface area contributed by atoms with Crippen LogP contribution < -0.4 is 5.32 Å². The molecule has 0 aliphatic heterocycles. The lowest BCUT2D eigenvalue weighted by molar-refractivity contribution is -0.142. The molecule has 0 unspecified atom stereocenters. The quantitative estimate of drug-likeness (QED) is 0.560. The Morgan fingerprint density at radius 2 is 1.83 bits per heavy atom. The highest BCUT2D eigenvalue weighted by molar-refractivity contribution is 5.74. The lowest BCUT2D eigenvalue weighted by atomic mass is 10.6. The number of nitrogens with one attached hydrogen (secondary N) is 1. The van der Waals surface area contributed by atoms with Crippen LogP contribution in [0, 0.1) is 0 Å². The van der Waals surface area contributed by atoms with Crippen LogP contribution in [0.1, 0.15) is 6.92 Å². The highest BCUT2D eigenvalue weighted by Gasteiger charge is 2.02. The lowest BCUT2D eigenvalue weighted by Crippen LogP contribution is -2.30. The molecule has 0 aromatic heterocycles. The highest BCUT2D eigenvalue weighted by atomic mass is 16.5. The maximum atomic E-state index is 10.7. The van der Waals surface area contributed by atoms with E-state index in [4.69, 9.17) is 0 Å². The zero-order valence-corrected chi connectivity index (χ0v) is 7.25. The van der Waals surface area contributed by atoms with Crippen LogP contribution in [-0.4, -0.2) is 38.7 Å². The summed E-state index contributed by atoms with van der Waals surface area (Å²) in [5.41, 5.74) is 0. The second-order valence-electron chi connectivity index (χ2n) is 1.98. The van der Waals surface area contributed by atoms with Gasteiger partial charge in [-0.05, 0) is 6.92 Å². The average Bonchev–Trinajstić information content (AvgIpc) is 2.04. The molecule has 0 amide bonds. The molecule has 0 saturated heterocycles. The van der Waals surface area contributed by atoms with Gasteiger partial charge in [0, 0.05) is 0 Å². The van der Waals surface area contributed by atoms with Crippen LogP contribution in [0.5, 0.6) is 0 Å². The van der Waals surface area contributed by atoms with Crippen LogP contribution in [0.15, 0.2) is 0 Å². The SMILES string of the molecule is CCOC(=O)CNCC(=O)OC. The molecule has 0 aliphatic carbocycles. The van der Waals surface area contributed by atoms with Gasteiger partial charge in [-0.15, -0.1) is 0 Å². The number of ether oxygens (including phenoxy) is 2. The first-order chi connectivity index (χ1) is 5.70. The van der Waals surface area contributed by atoms with E-state index < -0.39 is 5.97 Å². The first kappa shape index (κ1) is 10.9. The third-order valence-electron chi connectivity index (χ3n) is 1.07. The number of carbonyl (C=O) groups is 2. The van der Waals surface area contributed by atoms with Crippen molar-refractivity contribution in [1.82, 2.24) is 5.32 Å². The number of rotatable bonds is 5. The number of methoxy groups -OCH3 is 1. The lowest BCUT2D eigenvalue weighted by Gasteiger charge is -2.02. The monoisotopic (exact) mass is 175 g/mol. The van der Waals surface area contributed by atoms with Crippen molar-refractivity contribution in [1.29, 1.82) is 0 Å². The Labute approximate surface area is 71.0 Å². The molecule has 1 N–H and O–H groups in total. The third-order valence-corrected chi connectivity index (χ3v) is 1.07. The largest absolute Gasteiger partial charge is 0.468 e. The van der Waals surface area contributed by atoms with Gasteiger partial charge in [-0.2, -0.15) is 0 Å². The zero-order chi connectivity index (χ0) is 9.40. The van der Waals surface area contributed by atoms with Crippen molar-refractivity contribution in [3.63, 3.8) is 0 Å². The van der Waals surface area contributed by atoms with Crippen molar-refractivity contribution in [2.45, 2.75) is 6.92 Å². The average molecular weight is 175 g/mol. The normalized spacial score (nSPS) is 9.17. The number of carbonyl (C=O) groups excluding carboxylic acids is 2. The fraction of sp³-hybridized carbons (Fsp3) is 0.714. The molecule has 0 spiro atoms. The van der Waals surface area contributed by atoms with Gasteiger partial charge in [0.15, 0.2) is 0 Å². The molecule has 0 aromatic carbocycles. The molecule has 5 nitrogen and oxygen atoms in total. The van der Waals surface area contributed by atoms with Gasteiger partial charge in [-0.1, -0.05) is 0 Å². The molecule has 12 heavy (non-hydrogen) atoms. The Hall–Kier alpha value is -1.10. The molecule has 0 rings (SSSR count). The summed E-state index contributed by atoms with van der Waals surface area (Å²) in [5.74, 6) is -0.777. The molecule has 0 heterocycles. The summed E-state index contributed by atoms with van der Waals surface area (Å²) in [5, 5.41) is 2.57. The number of hydrogen-bond donors (Lipinski definition) is 1. The zero-order valence-electron chi connectivity index (χ0n) is 7.25. The molecule has 5 heteroatoms. The van der Waals surface area contributed by atoms with Gasteiger partial charge in [-0.25, -0.2) is 0 Å². The van der Waals surface area contributed by atoms with Crippen LogP contribution in [-0.2, 0) is 19.1 Å². The number of hydrogen-bond acceptors (Lipinski definition) is 5. The minimum atomic E-state index is -0.403. The molecule has 0 atom stereocenters. The summed E-state index contributed by atoms with van der Waals surface area (Å²) in [4.78, 5) is 21.2. The van der Waals surface area contributed by atoms with Gasteiger partial charge >= 0.3 is 11.9 Å². The van der Waals surface area contributed by atoms with E-state index in [2.05, 4.69) is 14.8 Å². The summed E-state index contributed by atoms with van der Waals surface area (Å²) < 4.78 is 8.94. The maximum absolute atomic E-state index is 10.7. The van der Waals surface area contributed by atoms with Crippen molar-refractivity contribution in [3.8, 4) is 0 Å². The van der Waals surface area contributed by atoms with E-state index >= 15 is 0 Å². The van der Waals surface area contributed by atoms with Crippen LogP contribution in [0.3, 0.4) is 0 Å². The van der Waals surface area contributed by atoms with Crippen molar-refractivity contribution < 1.29 is 19.1 Å². The fourth-order valence-corrected chi connectivity index (χ4v) is 0.551. The van der Waals surface area contributed by atoms with Crippen molar-refractivity contribution >= 4 is 11.9 Å². The first-order valence-electron chi connectivity index (χ1n) is 3.63. The standard InChI is InChI=1S/C7H13NO4/c1-3-12-7(10)5-8-4-6(9)11-2/h8H,3-5H2,1-2H3. The summed E-state index contributed by atoms with van der Waals surface area (Å²) in [6.45, 7) is 2.12. The van der Waals surface area contributed by atoms with Crippen LogP contribution in [0.2, 0.25) is 0 Å². The van der Waals surface area contributed by atoms with Crippen LogP contribution in [0.25, 0.3) is 0 Å². The van der Waals surface area contributed by atoms with Crippen LogP contribution in [0.4, 0.5) is 0 Å². The molecule has 0 fully saturated rings. The minimum Gasteiger partial charge on any atom is -0.468 e. The van der Waals surface area contributed by atoms with E-state index in [1.165, 1.54) is 7.11 Å². The van der Waals surface area contributed by atoms with Crippen LogP contribution >= 0.6 is 0 Å². The van der Waals surface area contributed by atoms with Gasteiger partial charge in [0.2, 0.25) is 0 Å². The van der Waals surface area contributed by atoms with Crippen molar-refractivity contribution in [2.75, 3.05) is 26.8 Å². The fourth-order valence-electron chi connectivity index (χ4n) is 0.551. The molecular formula is C7H13NO4. The van der Waals surface area contributed by atoms with Gasteiger partial charge in [0.25, 0.3) is 0 Å². The predicted molar refractivity (Wildman–Crippen MR) is 41.5 cm³/mol. The molecule has 0 bridgehead atoms. The highest BCUT2D eigenvalue weighted by Crippen LogP contribution is 1.75. The first-order valence-corrected chi connectivity index (χ1v) is 3.63. The molecule has 0 aromatic rings. The Balaban J connectivity index is 3.30. The van der Waals surface area contributed by atoms with E-state index in [1.807, 2.05) is 0 Å². The Morgan fingerprint density at radius 3 is 2.33 bits per heavy atom. The van der Waals surface area contributed by atoms with E-state index in [9.17, 15) is 9.59 Å². The van der Waals surface area contributed by atoms with Crippen molar-refractivity contribution in [3.05, 3.63) is 0 Å². The summed E-state index contributed by atoms with van der Waals surface area (Å²) in [6.07, 6.45) is 0. The second kappa shape index (κ2) is 6.60. The predicted octanol–water partition coefficient (Wildman–Crippen LogP) is -0.688. The Bertz CT molecular complexity index is 157. The molecular weight excluding hydrogens is 162 g/mol. The maximum Gasteiger partial charge on any atom is 0.319 e. The van der Waals surface area contributed by atoms with E-state index in [1.54, 1.807) is 6.92 Å². The van der Waals surface area contributed by atoms with Gasteiger partial charge in [0.05, 0.1) is 26.8 Å². The van der Waals surface area contributed by atoms with Gasteiger partial charge in [-0.3, -0.25) is 14.9 Å². The summed E-state index contributed by atoms with van der Waals surface area (Å²) in [7, 11) is 1.29. The van der Waals surface area contributed by atoms with E-state index in [0.29, 0.717) is 6.61 Å². The minimum absolute atomic E-state index is 0.0231. The van der Waals surface area contributed by atoms with E-state index in [0.717, 1.165) is 0 Å². The van der Waals surface area contributed by atoms with Gasteiger partial charge in [0.1, 0.15) is 0 Å². The molecule has 0 aliphatic rings. The van der Waals surface area contributed by atoms with E-state index in [-0.39, 0.29) is 19.1 Å². The summed E-state index contributed by atoms with van der Waals surface area (Å²) in [6, 6.07) is 0. The number of esters is 2. The second-order valence-corrected chi connectivity index (χ2v) is 1.98. The Morgan fingerprint density at radius 1 is 1.25 bits per heavy atom. The van der Waals surface area contributed by atoms with Gasteiger partial charge < -0.3 is 9.47 Å². The topological polar surface area (TPSA) is 64.6 Å².